The van der Waals surface area contributed by atoms with Crippen molar-refractivity contribution in [1.29, 1.82) is 0 Å². The summed E-state index contributed by atoms with van der Waals surface area (Å²) in [5, 5.41) is 0. The lowest BCUT2D eigenvalue weighted by Crippen LogP contribution is -2.41. The molecule has 2 aromatic rings. The van der Waals surface area contributed by atoms with Gasteiger partial charge >= 0.3 is 0 Å². The lowest BCUT2D eigenvalue weighted by Gasteiger charge is -2.32. The molecule has 1 aliphatic heterocycles. The number of nitrogens with two attached hydrogens (primary N) is 1. The summed E-state index contributed by atoms with van der Waals surface area (Å²) < 4.78 is 11.2. The quantitative estimate of drug-likeness (QED) is 0.815. The highest BCUT2D eigenvalue weighted by atomic mass is 16.5. The minimum absolute atomic E-state index is 0.0383. The number of carbonyl (C=O) groups excluding carboxylic acids is 1. The lowest BCUT2D eigenvalue weighted by atomic mass is 10.1. The molecule has 0 aromatic carbocycles. The van der Waals surface area contributed by atoms with Gasteiger partial charge in [0.1, 0.15) is 5.69 Å². The van der Waals surface area contributed by atoms with Gasteiger partial charge in [-0.05, 0) is 57.0 Å². The van der Waals surface area contributed by atoms with E-state index in [1.807, 2.05) is 36.1 Å². The van der Waals surface area contributed by atoms with E-state index in [0.29, 0.717) is 37.6 Å². The molecule has 2 N–H and O–H groups in total. The number of ether oxygens (including phenoxy) is 1. The van der Waals surface area contributed by atoms with Crippen LogP contribution in [0.15, 0.2) is 34.9 Å². The van der Waals surface area contributed by atoms with E-state index in [1.165, 1.54) is 0 Å². The molecular weight excluding hydrogens is 318 g/mol. The van der Waals surface area contributed by atoms with Crippen LogP contribution in [0.2, 0.25) is 0 Å². The number of aryl methyl sites for hydroxylation is 1. The number of amides is 1. The van der Waals surface area contributed by atoms with Crippen LogP contribution in [-0.2, 0) is 4.74 Å². The Kier molecular flexibility index (Phi) is 5.83. The fourth-order valence-electron chi connectivity index (χ4n) is 3.08. The smallest absolute Gasteiger partial charge is 0.255 e. The van der Waals surface area contributed by atoms with Crippen LogP contribution in [0.3, 0.4) is 0 Å². The van der Waals surface area contributed by atoms with Gasteiger partial charge in [-0.1, -0.05) is 0 Å². The number of nitrogens with zero attached hydrogens (tertiary/aromatic N) is 2. The number of hydrogen-bond acceptors (Lipinski definition) is 5. The SMILES string of the molecule is Cc1nc(-c2ccco2)ccc1C(=O)N1CCC(OCCCN)CC1. The maximum absolute atomic E-state index is 12.8. The molecule has 0 spiro atoms. The van der Waals surface area contributed by atoms with Gasteiger partial charge in [-0.15, -0.1) is 0 Å². The van der Waals surface area contributed by atoms with Gasteiger partial charge in [0.05, 0.1) is 23.6 Å². The van der Waals surface area contributed by atoms with Gasteiger partial charge in [-0.25, -0.2) is 4.98 Å². The molecule has 1 saturated heterocycles. The van der Waals surface area contributed by atoms with Crippen molar-refractivity contribution < 1.29 is 13.9 Å². The van der Waals surface area contributed by atoms with E-state index in [2.05, 4.69) is 4.98 Å². The third kappa shape index (κ3) is 4.27. The molecule has 0 atom stereocenters. The average Bonchev–Trinajstić information content (AvgIpc) is 3.17. The summed E-state index contributed by atoms with van der Waals surface area (Å²) in [6, 6.07) is 7.36. The molecule has 6 heteroatoms. The van der Waals surface area contributed by atoms with Gasteiger partial charge in [0.15, 0.2) is 5.76 Å². The number of piperidine rings is 1. The fourth-order valence-corrected chi connectivity index (χ4v) is 3.08. The molecule has 2 aromatic heterocycles. The van der Waals surface area contributed by atoms with Crippen LogP contribution < -0.4 is 5.73 Å². The van der Waals surface area contributed by atoms with Crippen molar-refractivity contribution in [3.63, 3.8) is 0 Å². The van der Waals surface area contributed by atoms with Crippen molar-refractivity contribution in [2.24, 2.45) is 5.73 Å². The number of hydrogen-bond donors (Lipinski definition) is 1. The van der Waals surface area contributed by atoms with E-state index in [1.54, 1.807) is 6.26 Å². The molecule has 3 heterocycles. The van der Waals surface area contributed by atoms with Crippen LogP contribution >= 0.6 is 0 Å². The summed E-state index contributed by atoms with van der Waals surface area (Å²) in [6.07, 6.45) is 4.47. The maximum Gasteiger partial charge on any atom is 0.255 e. The normalized spacial score (nSPS) is 15.5. The van der Waals surface area contributed by atoms with Gasteiger partial charge in [-0.3, -0.25) is 4.79 Å². The molecule has 0 unspecified atom stereocenters. The minimum atomic E-state index is 0.0383. The first-order valence-electron chi connectivity index (χ1n) is 8.81. The monoisotopic (exact) mass is 343 g/mol. The summed E-state index contributed by atoms with van der Waals surface area (Å²) in [5.74, 6) is 0.744. The zero-order valence-electron chi connectivity index (χ0n) is 14.6. The van der Waals surface area contributed by atoms with Gasteiger partial charge in [0, 0.05) is 19.7 Å². The van der Waals surface area contributed by atoms with E-state index < -0.39 is 0 Å². The second-order valence-electron chi connectivity index (χ2n) is 6.31. The zero-order chi connectivity index (χ0) is 17.6. The first-order valence-corrected chi connectivity index (χ1v) is 8.81. The molecule has 1 aliphatic rings. The number of furan rings is 1. The van der Waals surface area contributed by atoms with E-state index in [-0.39, 0.29) is 12.0 Å². The van der Waals surface area contributed by atoms with Crippen molar-refractivity contribution >= 4 is 5.91 Å². The molecule has 0 saturated carbocycles. The van der Waals surface area contributed by atoms with Crippen molar-refractivity contribution in [2.75, 3.05) is 26.2 Å². The Hall–Kier alpha value is -2.18. The third-order valence-corrected chi connectivity index (χ3v) is 4.52. The Morgan fingerprint density at radius 2 is 2.16 bits per heavy atom. The van der Waals surface area contributed by atoms with Crippen LogP contribution in [0.1, 0.15) is 35.3 Å². The molecule has 1 amide bonds. The van der Waals surface area contributed by atoms with Gasteiger partial charge in [-0.2, -0.15) is 0 Å². The first kappa shape index (κ1) is 17.6. The number of likely N-dealkylation sites (tertiary alicyclic amines) is 1. The molecule has 0 bridgehead atoms. The van der Waals surface area contributed by atoms with Crippen LogP contribution in [0.25, 0.3) is 11.5 Å². The van der Waals surface area contributed by atoms with Crippen LogP contribution in [0.5, 0.6) is 0 Å². The molecule has 1 fully saturated rings. The van der Waals surface area contributed by atoms with Crippen molar-refractivity contribution in [3.05, 3.63) is 41.8 Å². The summed E-state index contributed by atoms with van der Waals surface area (Å²) in [5.41, 5.74) is 7.60. The molecule has 134 valence electrons. The Balaban J connectivity index is 1.60. The fraction of sp³-hybridized carbons (Fsp3) is 0.474. The number of carbonyl (C=O) groups is 1. The summed E-state index contributed by atoms with van der Waals surface area (Å²) in [6.45, 7) is 4.64. The average molecular weight is 343 g/mol. The zero-order valence-corrected chi connectivity index (χ0v) is 14.6. The highest BCUT2D eigenvalue weighted by Gasteiger charge is 2.25. The highest BCUT2D eigenvalue weighted by Crippen LogP contribution is 2.22. The largest absolute Gasteiger partial charge is 0.463 e. The number of pyridine rings is 1. The van der Waals surface area contributed by atoms with Gasteiger partial charge < -0.3 is 19.8 Å². The number of aromatic nitrogens is 1. The van der Waals surface area contributed by atoms with E-state index >= 15 is 0 Å². The van der Waals surface area contributed by atoms with Crippen molar-refractivity contribution in [3.8, 4) is 11.5 Å². The van der Waals surface area contributed by atoms with Crippen LogP contribution in [0.4, 0.5) is 0 Å². The van der Waals surface area contributed by atoms with Gasteiger partial charge in [0.25, 0.3) is 5.91 Å². The topological polar surface area (TPSA) is 81.6 Å². The molecular formula is C19H25N3O3. The second-order valence-corrected chi connectivity index (χ2v) is 6.31. The van der Waals surface area contributed by atoms with E-state index in [9.17, 15) is 4.79 Å². The molecule has 3 rings (SSSR count). The molecule has 0 aliphatic carbocycles. The summed E-state index contributed by atoms with van der Waals surface area (Å²) >= 11 is 0. The Morgan fingerprint density at radius 3 is 2.80 bits per heavy atom. The Labute approximate surface area is 148 Å². The standard InChI is InChI=1S/C19H25N3O3/c1-14-16(5-6-17(21-14)18-4-2-12-25-18)19(23)22-10-7-15(8-11-22)24-13-3-9-20/h2,4-6,12,15H,3,7-11,13,20H2,1H3. The second kappa shape index (κ2) is 8.27. The van der Waals surface area contributed by atoms with E-state index in [4.69, 9.17) is 14.9 Å². The van der Waals surface area contributed by atoms with E-state index in [0.717, 1.165) is 30.7 Å². The van der Waals surface area contributed by atoms with Crippen LogP contribution in [0, 0.1) is 6.92 Å². The Bertz CT molecular complexity index is 692. The molecule has 0 radical (unpaired) electrons. The lowest BCUT2D eigenvalue weighted by molar-refractivity contribution is 0.00842. The summed E-state index contributed by atoms with van der Waals surface area (Å²) in [7, 11) is 0. The van der Waals surface area contributed by atoms with Gasteiger partial charge in [0.2, 0.25) is 0 Å². The summed E-state index contributed by atoms with van der Waals surface area (Å²) in [4.78, 5) is 19.2. The molecule has 25 heavy (non-hydrogen) atoms. The molecule has 6 nitrogen and oxygen atoms in total. The van der Waals surface area contributed by atoms with Crippen LogP contribution in [-0.4, -0.2) is 48.1 Å². The van der Waals surface area contributed by atoms with Crippen molar-refractivity contribution in [2.45, 2.75) is 32.3 Å². The predicted octanol–water partition coefficient (Wildman–Crippen LogP) is 2.62. The minimum Gasteiger partial charge on any atom is -0.463 e. The Morgan fingerprint density at radius 1 is 1.36 bits per heavy atom. The van der Waals surface area contributed by atoms with Crippen molar-refractivity contribution in [1.82, 2.24) is 9.88 Å². The highest BCUT2D eigenvalue weighted by molar-refractivity contribution is 5.95. The first-order chi connectivity index (χ1) is 12.2. The predicted molar refractivity (Wildman–Crippen MR) is 95.2 cm³/mol. The third-order valence-electron chi connectivity index (χ3n) is 4.52. The maximum atomic E-state index is 12.8. The number of rotatable bonds is 6.